The molecule has 0 bridgehead atoms. The predicted molar refractivity (Wildman–Crippen MR) is 124 cm³/mol. The Labute approximate surface area is 178 Å². The first-order chi connectivity index (χ1) is 14.4. The standard InChI is InChI=1S/C26H27N3O/c1-26(2,3)20-10-12-21(13-11-20)29-25-23-8-6-5-7-22(23)19(17-28-25)15-18-9-14-24(30-4)27-16-18/h5-14,16-17H,15H2,1-4H3,(H,28,29). The fraction of sp³-hybridized carbons (Fsp3) is 0.231. The molecule has 1 N–H and O–H groups in total. The molecule has 4 rings (SSSR count). The number of aromatic nitrogens is 2. The smallest absolute Gasteiger partial charge is 0.212 e. The highest BCUT2D eigenvalue weighted by molar-refractivity contribution is 5.95. The number of hydrogen-bond acceptors (Lipinski definition) is 4. The molecule has 0 radical (unpaired) electrons. The Morgan fingerprint density at radius 3 is 2.20 bits per heavy atom. The molecule has 0 fully saturated rings. The van der Waals surface area contributed by atoms with Crippen LogP contribution >= 0.6 is 0 Å². The van der Waals surface area contributed by atoms with Crippen molar-refractivity contribution in [1.29, 1.82) is 0 Å². The van der Waals surface area contributed by atoms with Gasteiger partial charge in [0.05, 0.1) is 7.11 Å². The number of fused-ring (bicyclic) bond motifs is 1. The first-order valence-electron chi connectivity index (χ1n) is 10.2. The summed E-state index contributed by atoms with van der Waals surface area (Å²) in [5.74, 6) is 1.49. The van der Waals surface area contributed by atoms with Crippen molar-refractivity contribution in [2.45, 2.75) is 32.6 Å². The van der Waals surface area contributed by atoms with Gasteiger partial charge in [-0.2, -0.15) is 0 Å². The number of anilines is 2. The van der Waals surface area contributed by atoms with Crippen LogP contribution in [0, 0.1) is 0 Å². The van der Waals surface area contributed by atoms with Crippen LogP contribution in [0.5, 0.6) is 5.88 Å². The van der Waals surface area contributed by atoms with Crippen LogP contribution in [0.4, 0.5) is 11.5 Å². The second-order valence-corrected chi connectivity index (χ2v) is 8.52. The molecule has 2 heterocycles. The summed E-state index contributed by atoms with van der Waals surface area (Å²) in [6, 6.07) is 20.9. The number of benzene rings is 2. The molecule has 0 amide bonds. The lowest BCUT2D eigenvalue weighted by atomic mass is 9.87. The maximum absolute atomic E-state index is 5.16. The Kier molecular flexibility index (Phi) is 5.40. The molecule has 0 saturated carbocycles. The third-order valence-corrected chi connectivity index (χ3v) is 5.29. The van der Waals surface area contributed by atoms with E-state index in [-0.39, 0.29) is 5.41 Å². The molecule has 4 aromatic rings. The van der Waals surface area contributed by atoms with Gasteiger partial charge in [-0.05, 0) is 39.6 Å². The quantitative estimate of drug-likeness (QED) is 0.431. The summed E-state index contributed by atoms with van der Waals surface area (Å²) < 4.78 is 5.16. The summed E-state index contributed by atoms with van der Waals surface area (Å²) in [6.07, 6.45) is 4.58. The van der Waals surface area contributed by atoms with Crippen LogP contribution in [-0.4, -0.2) is 17.1 Å². The van der Waals surface area contributed by atoms with Crippen LogP contribution in [0.25, 0.3) is 10.8 Å². The number of methoxy groups -OCH3 is 1. The number of nitrogens with one attached hydrogen (secondary N) is 1. The molecule has 0 aliphatic heterocycles. The van der Waals surface area contributed by atoms with Crippen molar-refractivity contribution in [2.75, 3.05) is 12.4 Å². The highest BCUT2D eigenvalue weighted by Crippen LogP contribution is 2.29. The van der Waals surface area contributed by atoms with Crippen molar-refractivity contribution in [3.05, 3.63) is 89.7 Å². The fourth-order valence-electron chi connectivity index (χ4n) is 3.54. The first kappa shape index (κ1) is 19.9. The van der Waals surface area contributed by atoms with Crippen molar-refractivity contribution < 1.29 is 4.74 Å². The van der Waals surface area contributed by atoms with Gasteiger partial charge in [0, 0.05) is 36.0 Å². The minimum absolute atomic E-state index is 0.140. The molecule has 30 heavy (non-hydrogen) atoms. The van der Waals surface area contributed by atoms with Gasteiger partial charge < -0.3 is 10.1 Å². The van der Waals surface area contributed by atoms with Gasteiger partial charge in [0.15, 0.2) is 0 Å². The number of nitrogens with zero attached hydrogens (tertiary/aromatic N) is 2. The third-order valence-electron chi connectivity index (χ3n) is 5.29. The largest absolute Gasteiger partial charge is 0.481 e. The van der Waals surface area contributed by atoms with E-state index in [4.69, 9.17) is 9.72 Å². The molecule has 0 spiro atoms. The molecule has 4 heteroatoms. The van der Waals surface area contributed by atoms with Gasteiger partial charge in [-0.15, -0.1) is 0 Å². The van der Waals surface area contributed by atoms with Crippen LogP contribution in [0.15, 0.2) is 73.1 Å². The molecule has 152 valence electrons. The van der Waals surface area contributed by atoms with Crippen molar-refractivity contribution in [3.8, 4) is 5.88 Å². The lowest BCUT2D eigenvalue weighted by Crippen LogP contribution is -2.10. The first-order valence-corrected chi connectivity index (χ1v) is 10.2. The van der Waals surface area contributed by atoms with Gasteiger partial charge in [-0.1, -0.05) is 63.2 Å². The molecular formula is C26H27N3O. The lowest BCUT2D eigenvalue weighted by molar-refractivity contribution is 0.397. The maximum Gasteiger partial charge on any atom is 0.212 e. The zero-order valence-corrected chi connectivity index (χ0v) is 17.9. The average molecular weight is 398 g/mol. The second kappa shape index (κ2) is 8.15. The van der Waals surface area contributed by atoms with E-state index in [9.17, 15) is 0 Å². The maximum atomic E-state index is 5.16. The minimum atomic E-state index is 0.140. The van der Waals surface area contributed by atoms with Crippen molar-refractivity contribution >= 4 is 22.3 Å². The molecule has 0 unspecified atom stereocenters. The predicted octanol–water partition coefficient (Wildman–Crippen LogP) is 6.27. The van der Waals surface area contributed by atoms with Crippen molar-refractivity contribution in [3.63, 3.8) is 0 Å². The Morgan fingerprint density at radius 2 is 1.57 bits per heavy atom. The number of rotatable bonds is 5. The average Bonchev–Trinajstić information content (AvgIpc) is 2.76. The van der Waals surface area contributed by atoms with Gasteiger partial charge in [0.2, 0.25) is 5.88 Å². The molecular weight excluding hydrogens is 370 g/mol. The van der Waals surface area contributed by atoms with E-state index in [1.807, 2.05) is 24.5 Å². The normalized spacial score (nSPS) is 11.5. The minimum Gasteiger partial charge on any atom is -0.481 e. The number of hydrogen-bond donors (Lipinski definition) is 1. The van der Waals surface area contributed by atoms with Crippen LogP contribution in [0.2, 0.25) is 0 Å². The van der Waals surface area contributed by atoms with Gasteiger partial charge in [-0.3, -0.25) is 0 Å². The van der Waals surface area contributed by atoms with Crippen LogP contribution < -0.4 is 10.1 Å². The van der Waals surface area contributed by atoms with E-state index in [1.165, 1.54) is 16.5 Å². The molecule has 0 aliphatic carbocycles. The Hall–Kier alpha value is -3.40. The fourth-order valence-corrected chi connectivity index (χ4v) is 3.54. The van der Waals surface area contributed by atoms with Gasteiger partial charge in [0.25, 0.3) is 0 Å². The topological polar surface area (TPSA) is 47.0 Å². The SMILES string of the molecule is COc1ccc(Cc2cnc(Nc3ccc(C(C)(C)C)cc3)c3ccccc23)cn1. The van der Waals surface area contributed by atoms with E-state index in [1.54, 1.807) is 7.11 Å². The molecule has 0 saturated heterocycles. The summed E-state index contributed by atoms with van der Waals surface area (Å²) in [5, 5.41) is 5.79. The summed E-state index contributed by atoms with van der Waals surface area (Å²) in [6.45, 7) is 6.67. The van der Waals surface area contributed by atoms with Crippen LogP contribution in [0.1, 0.15) is 37.5 Å². The molecule has 0 atom stereocenters. The molecule has 4 nitrogen and oxygen atoms in total. The zero-order valence-electron chi connectivity index (χ0n) is 17.9. The van der Waals surface area contributed by atoms with E-state index in [0.717, 1.165) is 28.9 Å². The van der Waals surface area contributed by atoms with E-state index < -0.39 is 0 Å². The van der Waals surface area contributed by atoms with Crippen LogP contribution in [-0.2, 0) is 11.8 Å². The van der Waals surface area contributed by atoms with Gasteiger partial charge >= 0.3 is 0 Å². The highest BCUT2D eigenvalue weighted by atomic mass is 16.5. The Balaban J connectivity index is 1.63. The van der Waals surface area contributed by atoms with E-state index >= 15 is 0 Å². The number of pyridine rings is 2. The summed E-state index contributed by atoms with van der Waals surface area (Å²) >= 11 is 0. The highest BCUT2D eigenvalue weighted by Gasteiger charge is 2.13. The van der Waals surface area contributed by atoms with Gasteiger partial charge in [0.1, 0.15) is 5.82 Å². The second-order valence-electron chi connectivity index (χ2n) is 8.52. The van der Waals surface area contributed by atoms with E-state index in [0.29, 0.717) is 5.88 Å². The Morgan fingerprint density at radius 1 is 0.833 bits per heavy atom. The van der Waals surface area contributed by atoms with Crippen molar-refractivity contribution in [1.82, 2.24) is 9.97 Å². The van der Waals surface area contributed by atoms with Gasteiger partial charge in [-0.25, -0.2) is 9.97 Å². The number of ether oxygens (including phenoxy) is 1. The lowest BCUT2D eigenvalue weighted by Gasteiger charge is -2.19. The summed E-state index contributed by atoms with van der Waals surface area (Å²) in [5.41, 5.74) is 4.79. The Bertz CT molecular complexity index is 1140. The summed E-state index contributed by atoms with van der Waals surface area (Å²) in [4.78, 5) is 9.06. The third kappa shape index (κ3) is 4.28. The van der Waals surface area contributed by atoms with E-state index in [2.05, 4.69) is 79.6 Å². The van der Waals surface area contributed by atoms with Crippen molar-refractivity contribution in [2.24, 2.45) is 0 Å². The van der Waals surface area contributed by atoms with Crippen LogP contribution in [0.3, 0.4) is 0 Å². The molecule has 0 aliphatic rings. The zero-order chi connectivity index (χ0) is 21.1. The monoisotopic (exact) mass is 397 g/mol. The molecule has 2 aromatic carbocycles. The summed E-state index contributed by atoms with van der Waals surface area (Å²) in [7, 11) is 1.63. The molecule has 2 aromatic heterocycles.